The maximum absolute atomic E-state index is 13.3. The fraction of sp³-hybridized carbons (Fsp3) is 0.333. The van der Waals surface area contributed by atoms with Gasteiger partial charge in [-0.3, -0.25) is 5.32 Å². The van der Waals surface area contributed by atoms with Gasteiger partial charge in [-0.15, -0.1) is 0 Å². The minimum atomic E-state index is -4.68. The van der Waals surface area contributed by atoms with Crippen molar-refractivity contribution >= 4 is 35.5 Å². The molecule has 0 bridgehead atoms. The number of nitrogens with one attached hydrogen (secondary N) is 1. The minimum absolute atomic E-state index is 0.0755. The number of benzene rings is 2. The number of hydrogen-bond donors (Lipinski definition) is 2. The van der Waals surface area contributed by atoms with Gasteiger partial charge in [-0.1, -0.05) is 0 Å². The number of alkyl halides is 6. The van der Waals surface area contributed by atoms with E-state index in [0.717, 1.165) is 6.08 Å². The Bertz CT molecular complexity index is 1250. The van der Waals surface area contributed by atoms with E-state index in [1.807, 2.05) is 0 Å². The number of carbonyl (C=O) groups is 3. The van der Waals surface area contributed by atoms with Crippen LogP contribution in [0.4, 0.5) is 51.3 Å². The summed E-state index contributed by atoms with van der Waals surface area (Å²) in [5, 5.41) is 9.77. The van der Waals surface area contributed by atoms with E-state index >= 15 is 0 Å². The first-order valence-electron chi connectivity index (χ1n) is 11.2. The summed E-state index contributed by atoms with van der Waals surface area (Å²) in [4.78, 5) is 44.6. The van der Waals surface area contributed by atoms with E-state index in [0.29, 0.717) is 43.0 Å². The zero-order valence-corrected chi connectivity index (χ0v) is 21.6. The summed E-state index contributed by atoms with van der Waals surface area (Å²) in [5.41, 5.74) is -3.58. The van der Waals surface area contributed by atoms with Crippen LogP contribution < -0.4 is 5.32 Å². The number of isocyanates is 1. The van der Waals surface area contributed by atoms with Crippen LogP contribution >= 0.6 is 0 Å². The van der Waals surface area contributed by atoms with Gasteiger partial charge < -0.3 is 19.3 Å². The van der Waals surface area contributed by atoms with Gasteiger partial charge in [0.05, 0.1) is 30.0 Å². The molecule has 0 aromatic heterocycles. The van der Waals surface area contributed by atoms with Crippen molar-refractivity contribution in [3.63, 3.8) is 0 Å². The van der Waals surface area contributed by atoms with Gasteiger partial charge in [0.1, 0.15) is 23.9 Å². The molecule has 10 nitrogen and oxygen atoms in total. The molecule has 0 unspecified atom stereocenters. The number of anilines is 1. The Morgan fingerprint density at radius 3 is 1.79 bits per heavy atom. The largest absolute Gasteiger partial charge is 0.464 e. The number of aliphatic hydroxyl groups excluding tert-OH is 1. The van der Waals surface area contributed by atoms with Gasteiger partial charge in [0.25, 0.3) is 0 Å². The highest BCUT2D eigenvalue weighted by molar-refractivity contribution is 5.86. The number of amides is 1. The standard InChI is InChI=1S/C12H11F4NO4.C8H3F4NO.C4H8O3/c1-2-20-10(18)6-21-11(19)17-9-5-7(12(14,15)16)3-4-8(9)13;9-6-2-1-5(8(10,11)12)3-7(6)13-4-14;1-2-7-4(6)3-5/h3-5H,2,6H2,1H3,(H,17,19);1-3H;5H,2-3H2,1H3. The zero-order chi connectivity index (χ0) is 32.5. The number of aliphatic hydroxyl groups is 1. The number of halogens is 8. The van der Waals surface area contributed by atoms with Crippen LogP contribution in [0.3, 0.4) is 0 Å². The van der Waals surface area contributed by atoms with Gasteiger partial charge in [-0.25, -0.2) is 28.0 Å². The predicted molar refractivity (Wildman–Crippen MR) is 126 cm³/mol. The van der Waals surface area contributed by atoms with E-state index in [2.05, 4.69) is 19.2 Å². The summed E-state index contributed by atoms with van der Waals surface area (Å²) >= 11 is 0. The summed E-state index contributed by atoms with van der Waals surface area (Å²) < 4.78 is 113. The third-order valence-electron chi connectivity index (χ3n) is 4.03. The first kappa shape index (κ1) is 37.4. The topological polar surface area (TPSA) is 141 Å². The van der Waals surface area contributed by atoms with Gasteiger partial charge >= 0.3 is 30.4 Å². The lowest BCUT2D eigenvalue weighted by atomic mass is 10.2. The summed E-state index contributed by atoms with van der Waals surface area (Å²) in [7, 11) is 0. The SMILES string of the molecule is CCOC(=O)CO.CCOC(=O)COC(=O)Nc1cc(C(F)(F)F)ccc1F.O=C=Nc1cc(C(F)(F)F)ccc1F. The van der Waals surface area contributed by atoms with Crippen LogP contribution in [0.2, 0.25) is 0 Å². The Morgan fingerprint density at radius 1 is 0.833 bits per heavy atom. The van der Waals surface area contributed by atoms with Gasteiger partial charge in [0.15, 0.2) is 6.61 Å². The lowest BCUT2D eigenvalue weighted by Gasteiger charge is -2.11. The third-order valence-corrected chi connectivity index (χ3v) is 4.03. The van der Waals surface area contributed by atoms with Crippen molar-refractivity contribution in [2.75, 3.05) is 31.7 Å². The van der Waals surface area contributed by atoms with Crippen molar-refractivity contribution in [3.05, 3.63) is 59.2 Å². The molecule has 2 aromatic rings. The van der Waals surface area contributed by atoms with Crippen molar-refractivity contribution in [2.24, 2.45) is 4.99 Å². The number of carbonyl (C=O) groups excluding carboxylic acids is 4. The van der Waals surface area contributed by atoms with Crippen molar-refractivity contribution in [1.29, 1.82) is 0 Å². The number of ether oxygens (including phenoxy) is 3. The smallest absolute Gasteiger partial charge is 0.416 e. The van der Waals surface area contributed by atoms with E-state index in [4.69, 9.17) is 5.11 Å². The summed E-state index contributed by atoms with van der Waals surface area (Å²) in [6, 6.07) is 3.12. The maximum Gasteiger partial charge on any atom is 0.416 e. The Balaban J connectivity index is 0.000000685. The molecule has 0 atom stereocenters. The Kier molecular flexibility index (Phi) is 16.0. The molecule has 0 fully saturated rings. The van der Waals surface area contributed by atoms with Gasteiger partial charge in [0.2, 0.25) is 6.08 Å². The molecule has 1 amide bonds. The molecule has 0 spiro atoms. The van der Waals surface area contributed by atoms with Gasteiger partial charge in [0, 0.05) is 0 Å². The highest BCUT2D eigenvalue weighted by atomic mass is 19.4. The minimum Gasteiger partial charge on any atom is -0.464 e. The van der Waals surface area contributed by atoms with Crippen molar-refractivity contribution < 1.29 is 73.6 Å². The average molecular weight is 618 g/mol. The van der Waals surface area contributed by atoms with E-state index in [1.54, 1.807) is 12.2 Å². The number of hydrogen-bond acceptors (Lipinski definition) is 9. The van der Waals surface area contributed by atoms with Crippen LogP contribution in [0.5, 0.6) is 0 Å². The molecule has 2 N–H and O–H groups in total. The van der Waals surface area contributed by atoms with E-state index in [-0.39, 0.29) is 6.61 Å². The van der Waals surface area contributed by atoms with E-state index in [1.165, 1.54) is 6.92 Å². The van der Waals surface area contributed by atoms with Crippen molar-refractivity contribution in [1.82, 2.24) is 0 Å². The van der Waals surface area contributed by atoms with Crippen molar-refractivity contribution in [2.45, 2.75) is 26.2 Å². The fourth-order valence-corrected chi connectivity index (χ4v) is 2.30. The van der Waals surface area contributed by atoms with Gasteiger partial charge in [-0.2, -0.15) is 31.3 Å². The summed E-state index contributed by atoms with van der Waals surface area (Å²) in [6.07, 6.45) is -9.57. The second-order valence-corrected chi connectivity index (χ2v) is 7.03. The highest BCUT2D eigenvalue weighted by Crippen LogP contribution is 2.33. The van der Waals surface area contributed by atoms with Gasteiger partial charge in [-0.05, 0) is 50.2 Å². The number of esters is 2. The molecule has 0 radical (unpaired) electrons. The molecule has 0 aliphatic carbocycles. The monoisotopic (exact) mass is 618 g/mol. The first-order chi connectivity index (χ1) is 19.5. The maximum atomic E-state index is 13.3. The Hall–Kier alpha value is -4.57. The van der Waals surface area contributed by atoms with Crippen LogP contribution in [0, 0.1) is 11.6 Å². The molecule has 2 rings (SSSR count). The molecule has 0 aliphatic rings. The molecule has 42 heavy (non-hydrogen) atoms. The lowest BCUT2D eigenvalue weighted by molar-refractivity contribution is -0.147. The Labute approximate surface area is 231 Å². The molecule has 2 aromatic carbocycles. The third kappa shape index (κ3) is 14.7. The number of nitrogens with zero attached hydrogens (tertiary/aromatic N) is 1. The molecular formula is C24H22F8N2O8. The van der Waals surface area contributed by atoms with E-state index < -0.39 is 77.7 Å². The Morgan fingerprint density at radius 2 is 1.33 bits per heavy atom. The normalized spacial score (nSPS) is 10.5. The second kappa shape index (κ2) is 18.0. The number of rotatable bonds is 7. The molecule has 0 heterocycles. The lowest BCUT2D eigenvalue weighted by Crippen LogP contribution is -2.21. The molecule has 0 saturated heterocycles. The molecule has 232 valence electrons. The van der Waals surface area contributed by atoms with E-state index in [9.17, 15) is 54.3 Å². The summed E-state index contributed by atoms with van der Waals surface area (Å²) in [6.45, 7) is 2.38. The highest BCUT2D eigenvalue weighted by Gasteiger charge is 2.32. The predicted octanol–water partition coefficient (Wildman–Crippen LogP) is 5.31. The van der Waals surface area contributed by atoms with Crippen LogP contribution in [0.25, 0.3) is 0 Å². The van der Waals surface area contributed by atoms with Crippen molar-refractivity contribution in [3.8, 4) is 0 Å². The van der Waals surface area contributed by atoms with Crippen LogP contribution in [0.1, 0.15) is 25.0 Å². The average Bonchev–Trinajstić information content (AvgIpc) is 2.90. The molecule has 18 heteroatoms. The number of aliphatic imine (C=N–C) groups is 1. The second-order valence-electron chi connectivity index (χ2n) is 7.03. The quantitative estimate of drug-likeness (QED) is 0.140. The molecular weight excluding hydrogens is 596 g/mol. The first-order valence-corrected chi connectivity index (χ1v) is 11.2. The molecule has 0 aliphatic heterocycles. The summed E-state index contributed by atoms with van der Waals surface area (Å²) in [5.74, 6) is -3.47. The molecule has 0 saturated carbocycles. The van der Waals surface area contributed by atoms with Crippen LogP contribution in [-0.2, 0) is 40.9 Å². The van der Waals surface area contributed by atoms with Crippen LogP contribution in [-0.4, -0.2) is 55.6 Å². The van der Waals surface area contributed by atoms with Crippen LogP contribution in [0.15, 0.2) is 41.4 Å². The zero-order valence-electron chi connectivity index (χ0n) is 21.6. The fourth-order valence-electron chi connectivity index (χ4n) is 2.30.